The van der Waals surface area contributed by atoms with Crippen molar-refractivity contribution in [1.29, 1.82) is 0 Å². The second kappa shape index (κ2) is 6.84. The van der Waals surface area contributed by atoms with Gasteiger partial charge in [0.05, 0.1) is 0 Å². The predicted octanol–water partition coefficient (Wildman–Crippen LogP) is 2.74. The lowest BCUT2D eigenvalue weighted by atomic mass is 10.0. The van der Waals surface area contributed by atoms with Crippen LogP contribution in [-0.2, 0) is 0 Å². The van der Waals surface area contributed by atoms with Crippen molar-refractivity contribution in [3.05, 3.63) is 33.1 Å². The van der Waals surface area contributed by atoms with Crippen LogP contribution < -0.4 is 11.3 Å². The van der Waals surface area contributed by atoms with E-state index in [1.165, 1.54) is 12.1 Å². The minimum absolute atomic E-state index is 0.0286. The maximum atomic E-state index is 12.9. The van der Waals surface area contributed by atoms with Gasteiger partial charge in [0.1, 0.15) is 5.82 Å². The Hall–Kier alpha value is -0.640. The summed E-state index contributed by atoms with van der Waals surface area (Å²) < 4.78 is 13.8. The molecule has 0 aliphatic carbocycles. The zero-order valence-electron chi connectivity index (χ0n) is 8.84. The van der Waals surface area contributed by atoms with Gasteiger partial charge in [0, 0.05) is 16.0 Å². The van der Waals surface area contributed by atoms with Crippen molar-refractivity contribution in [2.45, 2.75) is 25.3 Å². The third kappa shape index (κ3) is 3.74. The number of hydrazine groups is 1. The minimum Gasteiger partial charge on any atom is -0.271 e. The van der Waals surface area contributed by atoms with Crippen molar-refractivity contribution in [1.82, 2.24) is 5.43 Å². The zero-order valence-corrected chi connectivity index (χ0v) is 11.0. The molecule has 1 aromatic carbocycles. The van der Waals surface area contributed by atoms with E-state index >= 15 is 0 Å². The summed E-state index contributed by atoms with van der Waals surface area (Å²) in [5.41, 5.74) is 3.76. The van der Waals surface area contributed by atoms with Gasteiger partial charge < -0.3 is 0 Å². The van der Waals surface area contributed by atoms with Gasteiger partial charge in [-0.15, -0.1) is 12.3 Å². The van der Waals surface area contributed by atoms with E-state index in [1.807, 2.05) is 0 Å². The van der Waals surface area contributed by atoms with Gasteiger partial charge in [0.2, 0.25) is 0 Å². The van der Waals surface area contributed by atoms with Crippen LogP contribution in [0.3, 0.4) is 0 Å². The molecule has 0 spiro atoms. The van der Waals surface area contributed by atoms with Gasteiger partial charge in [0.15, 0.2) is 0 Å². The molecule has 4 heteroatoms. The largest absolute Gasteiger partial charge is 0.271 e. The first-order valence-corrected chi connectivity index (χ1v) is 6.11. The number of hydrogen-bond donors (Lipinski definition) is 2. The summed E-state index contributed by atoms with van der Waals surface area (Å²) >= 11 is 2.11. The molecule has 1 rings (SSSR count). The molecular formula is C12H14FIN2. The van der Waals surface area contributed by atoms with Crippen LogP contribution in [0.2, 0.25) is 0 Å². The smallest absolute Gasteiger partial charge is 0.124 e. The topological polar surface area (TPSA) is 38.0 Å². The predicted molar refractivity (Wildman–Crippen MR) is 71.9 cm³/mol. The maximum Gasteiger partial charge on any atom is 0.124 e. The maximum absolute atomic E-state index is 12.9. The van der Waals surface area contributed by atoms with E-state index in [0.717, 1.165) is 28.4 Å². The molecule has 3 N–H and O–H groups in total. The Balaban J connectivity index is 2.75. The summed E-state index contributed by atoms with van der Waals surface area (Å²) in [6, 6.07) is 4.74. The van der Waals surface area contributed by atoms with Crippen molar-refractivity contribution in [3.63, 3.8) is 0 Å². The number of benzene rings is 1. The number of halogens is 2. The fraction of sp³-hybridized carbons (Fsp3) is 0.333. The molecule has 0 amide bonds. The van der Waals surface area contributed by atoms with Crippen LogP contribution in [0, 0.1) is 21.7 Å². The Labute approximate surface area is 109 Å². The van der Waals surface area contributed by atoms with Crippen molar-refractivity contribution in [2.75, 3.05) is 0 Å². The molecule has 0 bridgehead atoms. The van der Waals surface area contributed by atoms with Crippen LogP contribution in [0.25, 0.3) is 0 Å². The number of nitrogens with two attached hydrogens (primary N) is 1. The molecule has 0 aliphatic heterocycles. The Morgan fingerprint density at radius 2 is 2.31 bits per heavy atom. The molecule has 2 nitrogen and oxygen atoms in total. The van der Waals surface area contributed by atoms with Gasteiger partial charge >= 0.3 is 0 Å². The Kier molecular flexibility index (Phi) is 5.74. The third-order valence-electron chi connectivity index (χ3n) is 2.35. The molecule has 0 heterocycles. The lowest BCUT2D eigenvalue weighted by Crippen LogP contribution is -2.28. The van der Waals surface area contributed by atoms with Gasteiger partial charge in [-0.1, -0.05) is 6.07 Å². The molecule has 86 valence electrons. The van der Waals surface area contributed by atoms with Crippen LogP contribution in [0.1, 0.15) is 30.9 Å². The summed E-state index contributed by atoms with van der Waals surface area (Å²) in [5.74, 6) is 7.86. The molecule has 0 aromatic heterocycles. The Morgan fingerprint density at radius 1 is 1.56 bits per heavy atom. The van der Waals surface area contributed by atoms with E-state index in [2.05, 4.69) is 33.9 Å². The number of terminal acetylenes is 1. The minimum atomic E-state index is -0.229. The molecule has 1 unspecified atom stereocenters. The van der Waals surface area contributed by atoms with Crippen molar-refractivity contribution in [3.8, 4) is 12.3 Å². The molecule has 0 radical (unpaired) electrons. The van der Waals surface area contributed by atoms with Crippen molar-refractivity contribution in [2.24, 2.45) is 5.84 Å². The van der Waals surface area contributed by atoms with Gasteiger partial charge in [-0.2, -0.15) is 0 Å². The monoisotopic (exact) mass is 332 g/mol. The second-order valence-electron chi connectivity index (χ2n) is 3.48. The fourth-order valence-corrected chi connectivity index (χ4v) is 2.37. The average Bonchev–Trinajstić information content (AvgIpc) is 2.26. The van der Waals surface area contributed by atoms with Crippen molar-refractivity contribution < 1.29 is 4.39 Å². The number of rotatable bonds is 5. The van der Waals surface area contributed by atoms with Crippen LogP contribution in [0.5, 0.6) is 0 Å². The third-order valence-corrected chi connectivity index (χ3v) is 3.29. The summed E-state index contributed by atoms with van der Waals surface area (Å²) in [6.45, 7) is 0. The summed E-state index contributed by atoms with van der Waals surface area (Å²) in [6.07, 6.45) is 7.68. The highest BCUT2D eigenvalue weighted by Gasteiger charge is 2.12. The van der Waals surface area contributed by atoms with Crippen LogP contribution in [-0.4, -0.2) is 0 Å². The van der Waals surface area contributed by atoms with Crippen LogP contribution in [0.15, 0.2) is 18.2 Å². The van der Waals surface area contributed by atoms with E-state index in [9.17, 15) is 4.39 Å². The summed E-state index contributed by atoms with van der Waals surface area (Å²) in [5, 5.41) is 0. The molecule has 1 atom stereocenters. The zero-order chi connectivity index (χ0) is 12.0. The normalized spacial score (nSPS) is 12.1. The second-order valence-corrected chi connectivity index (χ2v) is 4.64. The van der Waals surface area contributed by atoms with Gasteiger partial charge in [0.25, 0.3) is 0 Å². The first kappa shape index (κ1) is 13.4. The van der Waals surface area contributed by atoms with Crippen LogP contribution >= 0.6 is 22.6 Å². The van der Waals surface area contributed by atoms with Gasteiger partial charge in [-0.3, -0.25) is 11.3 Å². The molecule has 0 aliphatic rings. The summed E-state index contributed by atoms with van der Waals surface area (Å²) in [4.78, 5) is 0. The highest BCUT2D eigenvalue weighted by Crippen LogP contribution is 2.24. The highest BCUT2D eigenvalue weighted by molar-refractivity contribution is 14.1. The molecule has 0 fully saturated rings. The number of hydrogen-bond acceptors (Lipinski definition) is 2. The first-order chi connectivity index (χ1) is 7.69. The SMILES string of the molecule is C#CCCCC(NN)c1ccc(F)cc1I. The molecule has 0 saturated heterocycles. The van der Waals surface area contributed by atoms with E-state index in [1.54, 1.807) is 6.07 Å². The number of unbranched alkanes of at least 4 members (excludes halogenated alkanes) is 1. The fourth-order valence-electron chi connectivity index (χ4n) is 1.52. The van der Waals surface area contributed by atoms with Gasteiger partial charge in [-0.25, -0.2) is 4.39 Å². The van der Waals surface area contributed by atoms with E-state index in [4.69, 9.17) is 12.3 Å². The first-order valence-electron chi connectivity index (χ1n) is 5.03. The molecule has 16 heavy (non-hydrogen) atoms. The quantitative estimate of drug-likeness (QED) is 0.286. The standard InChI is InChI=1S/C12H14FIN2/c1-2-3-4-5-12(16-15)10-7-6-9(13)8-11(10)14/h1,6-8,12,16H,3-5,15H2. The van der Waals surface area contributed by atoms with Gasteiger partial charge in [-0.05, 0) is 53.1 Å². The Morgan fingerprint density at radius 3 is 2.88 bits per heavy atom. The molecule has 0 saturated carbocycles. The lowest BCUT2D eigenvalue weighted by Gasteiger charge is -2.17. The van der Waals surface area contributed by atoms with Crippen LogP contribution in [0.4, 0.5) is 4.39 Å². The average molecular weight is 332 g/mol. The molecular weight excluding hydrogens is 318 g/mol. The Bertz CT molecular complexity index is 387. The number of nitrogens with one attached hydrogen (secondary N) is 1. The summed E-state index contributed by atoms with van der Waals surface area (Å²) in [7, 11) is 0. The van der Waals surface area contributed by atoms with Crippen molar-refractivity contribution >= 4 is 22.6 Å². The van der Waals surface area contributed by atoms with E-state index < -0.39 is 0 Å². The molecule has 1 aromatic rings. The highest BCUT2D eigenvalue weighted by atomic mass is 127. The van der Waals surface area contributed by atoms with E-state index in [-0.39, 0.29) is 11.9 Å². The lowest BCUT2D eigenvalue weighted by molar-refractivity contribution is 0.499. The van der Waals surface area contributed by atoms with E-state index in [0.29, 0.717) is 0 Å².